The van der Waals surface area contributed by atoms with Gasteiger partial charge in [0.25, 0.3) is 5.79 Å². The molecule has 14 N–H and O–H groups in total. The lowest BCUT2D eigenvalue weighted by Gasteiger charge is -2.50. The predicted octanol–water partition coefficient (Wildman–Crippen LogP) is 10.4. The molecule has 0 aliphatic carbocycles. The van der Waals surface area contributed by atoms with Crippen LogP contribution in [0.3, 0.4) is 0 Å². The third-order valence-corrected chi connectivity index (χ3v) is 20.8. The summed E-state index contributed by atoms with van der Waals surface area (Å²) in [5.74, 6) is -6.09. The van der Waals surface area contributed by atoms with Gasteiger partial charge in [0, 0.05) is 19.8 Å². The van der Waals surface area contributed by atoms with Crippen molar-refractivity contribution in [2.24, 2.45) is 0 Å². The Balaban J connectivity index is 1.46. The lowest BCUT2D eigenvalue weighted by molar-refractivity contribution is -0.386. The Kier molecular flexibility index (Phi) is 52.4. The molecule has 23 nitrogen and oxygen atoms in total. The molecule has 100 heavy (non-hydrogen) atoms. The maximum absolute atomic E-state index is 13.5. The summed E-state index contributed by atoms with van der Waals surface area (Å²) < 4.78 is 34.9. The molecule has 18 atom stereocenters. The van der Waals surface area contributed by atoms with Crippen LogP contribution in [0.4, 0.5) is 0 Å². The van der Waals surface area contributed by atoms with E-state index in [0.29, 0.717) is 19.3 Å². The first-order chi connectivity index (χ1) is 48.4. The number of unbranched alkanes of at least 4 members (excludes halogenated alkanes) is 44. The first-order valence-corrected chi connectivity index (χ1v) is 40.4. The molecule has 3 saturated heterocycles. The minimum Gasteiger partial charge on any atom is -0.477 e. The second-order valence-electron chi connectivity index (χ2n) is 29.6. The first kappa shape index (κ1) is 91.9. The molecule has 0 aromatic rings. The van der Waals surface area contributed by atoms with Gasteiger partial charge in [0.15, 0.2) is 12.6 Å². The molecule has 0 aromatic carbocycles. The van der Waals surface area contributed by atoms with Crippen molar-refractivity contribution >= 4 is 17.8 Å². The number of rotatable bonds is 64. The van der Waals surface area contributed by atoms with Crippen molar-refractivity contribution in [3.05, 3.63) is 0 Å². The Labute approximate surface area is 601 Å². The molecule has 0 bridgehead atoms. The van der Waals surface area contributed by atoms with Crippen LogP contribution >= 0.6 is 0 Å². The fourth-order valence-electron chi connectivity index (χ4n) is 14.4. The number of aliphatic hydroxyl groups is 11. The average molecular weight is 1440 g/mol. The SMILES string of the molecule is CCCCCCCCCCCCCCCCCCCCCCCCCCCCCCCCCC(=O)NC(COC1OC(CO)C(OC2OC(CO)C(O)C(OC3(C(=O)O)CC(O)C(NC(C)=O)C(C(O)C(O)CO)O3)C2O)C(O)C1O)C(O)CCCCCCCCCCCCCCCCC. The Morgan fingerprint density at radius 1 is 0.480 bits per heavy atom. The number of nitrogens with one attached hydrogen (secondary N) is 2. The van der Waals surface area contributed by atoms with E-state index in [4.69, 9.17) is 28.4 Å². The molecular weight excluding hydrogens is 1290 g/mol. The van der Waals surface area contributed by atoms with E-state index in [-0.39, 0.29) is 18.9 Å². The van der Waals surface area contributed by atoms with Crippen molar-refractivity contribution in [3.8, 4) is 0 Å². The zero-order valence-electron chi connectivity index (χ0n) is 62.3. The number of carboxylic acid groups (broad SMARTS) is 1. The van der Waals surface area contributed by atoms with Gasteiger partial charge in [0.1, 0.15) is 67.1 Å². The third-order valence-electron chi connectivity index (χ3n) is 20.8. The highest BCUT2D eigenvalue weighted by Gasteiger charge is 2.60. The molecule has 3 aliphatic rings. The topological polar surface area (TPSA) is 373 Å². The van der Waals surface area contributed by atoms with E-state index >= 15 is 0 Å². The summed E-state index contributed by atoms with van der Waals surface area (Å²) >= 11 is 0. The van der Waals surface area contributed by atoms with Crippen LogP contribution in [0.5, 0.6) is 0 Å². The first-order valence-electron chi connectivity index (χ1n) is 40.4. The predicted molar refractivity (Wildman–Crippen MR) is 385 cm³/mol. The molecular formula is C77H146N2O21. The average Bonchev–Trinajstić information content (AvgIpc) is 0.748. The number of aliphatic hydroxyl groups excluding tert-OH is 11. The van der Waals surface area contributed by atoms with Gasteiger partial charge >= 0.3 is 5.97 Å². The Morgan fingerprint density at radius 2 is 0.870 bits per heavy atom. The summed E-state index contributed by atoms with van der Waals surface area (Å²) in [6.07, 6.45) is 29.8. The van der Waals surface area contributed by atoms with Gasteiger partial charge in [-0.2, -0.15) is 0 Å². The van der Waals surface area contributed by atoms with Crippen LogP contribution in [0.15, 0.2) is 0 Å². The molecule has 3 fully saturated rings. The second-order valence-corrected chi connectivity index (χ2v) is 29.6. The zero-order valence-corrected chi connectivity index (χ0v) is 62.3. The van der Waals surface area contributed by atoms with Crippen LogP contribution in [-0.4, -0.2) is 215 Å². The van der Waals surface area contributed by atoms with Crippen LogP contribution in [0.1, 0.15) is 335 Å². The maximum atomic E-state index is 13.5. The highest BCUT2D eigenvalue weighted by Crippen LogP contribution is 2.39. The van der Waals surface area contributed by atoms with E-state index in [2.05, 4.69) is 24.5 Å². The lowest BCUT2D eigenvalue weighted by atomic mass is 9.88. The summed E-state index contributed by atoms with van der Waals surface area (Å²) in [5, 5.41) is 136. The van der Waals surface area contributed by atoms with Gasteiger partial charge in [-0.3, -0.25) is 9.59 Å². The van der Waals surface area contributed by atoms with Crippen LogP contribution in [0.25, 0.3) is 0 Å². The molecule has 2 amide bonds. The number of hydrogen-bond acceptors (Lipinski definition) is 20. The van der Waals surface area contributed by atoms with Gasteiger partial charge in [-0.15, -0.1) is 0 Å². The van der Waals surface area contributed by atoms with Crippen molar-refractivity contribution < 1.29 is 104 Å². The fourth-order valence-corrected chi connectivity index (χ4v) is 14.4. The quantitative estimate of drug-likeness (QED) is 0.0252. The van der Waals surface area contributed by atoms with E-state index < -0.39 is 148 Å². The van der Waals surface area contributed by atoms with Gasteiger partial charge in [-0.25, -0.2) is 4.79 Å². The lowest BCUT2D eigenvalue weighted by Crippen LogP contribution is -2.70. The van der Waals surface area contributed by atoms with E-state index in [1.807, 2.05) is 0 Å². The Bertz CT molecular complexity index is 2000. The number of hydrogen-bond donors (Lipinski definition) is 14. The van der Waals surface area contributed by atoms with Crippen molar-refractivity contribution in [1.82, 2.24) is 10.6 Å². The Hall–Kier alpha value is -2.27. The van der Waals surface area contributed by atoms with Crippen molar-refractivity contribution in [2.45, 2.75) is 445 Å². The molecule has 3 heterocycles. The molecule has 590 valence electrons. The molecule has 0 spiro atoms. The number of carbonyl (C=O) groups is 3. The van der Waals surface area contributed by atoms with Crippen LogP contribution in [0.2, 0.25) is 0 Å². The van der Waals surface area contributed by atoms with E-state index in [9.17, 15) is 75.7 Å². The van der Waals surface area contributed by atoms with Crippen molar-refractivity contribution in [1.29, 1.82) is 0 Å². The molecule has 3 rings (SSSR count). The number of amides is 2. The van der Waals surface area contributed by atoms with E-state index in [1.54, 1.807) is 0 Å². The smallest absolute Gasteiger partial charge is 0.364 e. The van der Waals surface area contributed by atoms with Gasteiger partial charge in [0.05, 0.1) is 50.7 Å². The Morgan fingerprint density at radius 3 is 1.25 bits per heavy atom. The summed E-state index contributed by atoms with van der Waals surface area (Å²) in [6.45, 7) is 2.25. The fraction of sp³-hybridized carbons (Fsp3) is 0.961. The standard InChI is InChI=1S/C77H146N2O21/c1-4-6-8-10-12-14-16-18-20-21-22-23-24-25-26-27-28-29-30-31-32-33-34-35-37-39-41-43-45-47-49-51-64(87)79-58(59(84)50-48-46-44-42-40-38-36-19-17-15-13-11-9-7-5-2)56-95-74-69(91)68(90)71(63(55-82)97-74)98-75-70(92)73(67(89)62(54-81)96-75)100-77(76(93)94)52-60(85)65(78-57(3)83)72(99-77)66(88)61(86)53-80/h58-63,65-75,80-82,84-86,88-92H,4-56H2,1-3H3,(H,78,83)(H,79,87)(H,93,94). The van der Waals surface area contributed by atoms with Crippen LogP contribution < -0.4 is 10.6 Å². The van der Waals surface area contributed by atoms with Crippen LogP contribution in [-0.2, 0) is 42.8 Å². The van der Waals surface area contributed by atoms with Crippen molar-refractivity contribution in [2.75, 3.05) is 26.4 Å². The van der Waals surface area contributed by atoms with E-state index in [1.165, 1.54) is 238 Å². The monoisotopic (exact) mass is 1440 g/mol. The highest BCUT2D eigenvalue weighted by atomic mass is 16.8. The molecule has 18 unspecified atom stereocenters. The molecule has 3 aliphatic heterocycles. The second kappa shape index (κ2) is 57.0. The normalized spacial score (nSPS) is 26.9. The largest absolute Gasteiger partial charge is 0.477 e. The molecule has 0 saturated carbocycles. The van der Waals surface area contributed by atoms with Gasteiger partial charge in [-0.1, -0.05) is 303 Å². The highest BCUT2D eigenvalue weighted by molar-refractivity contribution is 5.77. The summed E-state index contributed by atoms with van der Waals surface area (Å²) in [5.41, 5.74) is 0. The number of ether oxygens (including phenoxy) is 6. The van der Waals surface area contributed by atoms with Gasteiger partial charge < -0.3 is 100 Å². The minimum atomic E-state index is -3.08. The summed E-state index contributed by atoms with van der Waals surface area (Å²) in [4.78, 5) is 38.7. The number of carboxylic acids is 1. The number of carbonyl (C=O) groups excluding carboxylic acids is 2. The molecule has 0 aromatic heterocycles. The van der Waals surface area contributed by atoms with E-state index in [0.717, 1.165) is 51.9 Å². The van der Waals surface area contributed by atoms with Gasteiger partial charge in [-0.05, 0) is 12.8 Å². The van der Waals surface area contributed by atoms with Gasteiger partial charge in [0.2, 0.25) is 11.8 Å². The summed E-state index contributed by atoms with van der Waals surface area (Å²) in [6, 6.07) is -2.52. The zero-order chi connectivity index (χ0) is 73.2. The number of aliphatic carboxylic acids is 1. The van der Waals surface area contributed by atoms with Crippen molar-refractivity contribution in [3.63, 3.8) is 0 Å². The minimum absolute atomic E-state index is 0.230. The molecule has 23 heteroatoms. The molecule has 0 radical (unpaired) electrons. The maximum Gasteiger partial charge on any atom is 0.364 e. The third kappa shape index (κ3) is 37.3. The van der Waals surface area contributed by atoms with Crippen LogP contribution in [0, 0.1) is 0 Å². The summed E-state index contributed by atoms with van der Waals surface area (Å²) in [7, 11) is 0.